The summed E-state index contributed by atoms with van der Waals surface area (Å²) in [7, 11) is 0. The standard InChI is InChI=1S/C11H11N7/c1-8-4-12-3-2-9(8)5-14-10-6-13-7-11-15-16-17-18(10)11/h2-4,6-7,14H,5H2,1H3. The van der Waals surface area contributed by atoms with Gasteiger partial charge in [0.2, 0.25) is 0 Å². The monoisotopic (exact) mass is 241 g/mol. The average Bonchev–Trinajstić information content (AvgIpc) is 2.86. The number of rotatable bonds is 3. The van der Waals surface area contributed by atoms with E-state index >= 15 is 0 Å². The first kappa shape index (κ1) is 10.6. The second kappa shape index (κ2) is 4.36. The Bertz CT molecular complexity index is 676. The summed E-state index contributed by atoms with van der Waals surface area (Å²) >= 11 is 0. The summed E-state index contributed by atoms with van der Waals surface area (Å²) < 4.78 is 1.61. The van der Waals surface area contributed by atoms with Crippen molar-refractivity contribution < 1.29 is 0 Å². The van der Waals surface area contributed by atoms with E-state index in [1.807, 2.05) is 19.2 Å². The maximum Gasteiger partial charge on any atom is 0.199 e. The van der Waals surface area contributed by atoms with Crippen LogP contribution < -0.4 is 5.32 Å². The Balaban J connectivity index is 1.85. The van der Waals surface area contributed by atoms with E-state index in [1.54, 1.807) is 23.1 Å². The molecule has 0 aliphatic heterocycles. The fourth-order valence-corrected chi connectivity index (χ4v) is 1.68. The molecule has 0 saturated heterocycles. The third kappa shape index (κ3) is 1.86. The summed E-state index contributed by atoms with van der Waals surface area (Å²) in [5.74, 6) is 0.758. The van der Waals surface area contributed by atoms with Crippen LogP contribution in [-0.4, -0.2) is 30.0 Å². The van der Waals surface area contributed by atoms with Gasteiger partial charge in [-0.2, -0.15) is 4.52 Å². The van der Waals surface area contributed by atoms with Gasteiger partial charge in [0.15, 0.2) is 11.5 Å². The van der Waals surface area contributed by atoms with Crippen LogP contribution in [-0.2, 0) is 6.54 Å². The van der Waals surface area contributed by atoms with Gasteiger partial charge in [0.05, 0.1) is 12.4 Å². The third-order valence-corrected chi connectivity index (χ3v) is 2.71. The fraction of sp³-hybridized carbons (Fsp3) is 0.182. The molecule has 0 saturated carbocycles. The minimum atomic E-state index is 0.617. The van der Waals surface area contributed by atoms with E-state index in [2.05, 4.69) is 30.8 Å². The number of pyridine rings is 1. The summed E-state index contributed by atoms with van der Waals surface area (Å²) in [6.07, 6.45) is 6.93. The molecule has 18 heavy (non-hydrogen) atoms. The molecule has 90 valence electrons. The van der Waals surface area contributed by atoms with E-state index in [4.69, 9.17) is 0 Å². The van der Waals surface area contributed by atoms with Crippen LogP contribution in [0.25, 0.3) is 5.65 Å². The Morgan fingerprint density at radius 2 is 2.17 bits per heavy atom. The normalized spacial score (nSPS) is 10.7. The van der Waals surface area contributed by atoms with Gasteiger partial charge >= 0.3 is 0 Å². The molecule has 0 aromatic carbocycles. The van der Waals surface area contributed by atoms with Gasteiger partial charge in [-0.1, -0.05) is 0 Å². The number of aromatic nitrogens is 6. The number of hydrogen-bond donors (Lipinski definition) is 1. The van der Waals surface area contributed by atoms with Crippen LogP contribution in [0.1, 0.15) is 11.1 Å². The van der Waals surface area contributed by atoms with Gasteiger partial charge < -0.3 is 5.32 Å². The largest absolute Gasteiger partial charge is 0.365 e. The molecule has 0 amide bonds. The Labute approximate surface area is 103 Å². The number of fused-ring (bicyclic) bond motifs is 1. The minimum Gasteiger partial charge on any atom is -0.365 e. The van der Waals surface area contributed by atoms with E-state index in [9.17, 15) is 0 Å². The number of nitrogens with one attached hydrogen (secondary N) is 1. The minimum absolute atomic E-state index is 0.617. The lowest BCUT2D eigenvalue weighted by Crippen LogP contribution is -2.06. The predicted molar refractivity (Wildman–Crippen MR) is 64.9 cm³/mol. The topological polar surface area (TPSA) is 80.9 Å². The fourth-order valence-electron chi connectivity index (χ4n) is 1.68. The highest BCUT2D eigenvalue weighted by Gasteiger charge is 2.04. The number of nitrogens with zero attached hydrogens (tertiary/aromatic N) is 6. The van der Waals surface area contributed by atoms with Crippen molar-refractivity contribution in [2.24, 2.45) is 0 Å². The van der Waals surface area contributed by atoms with Gasteiger partial charge in [0, 0.05) is 18.9 Å². The van der Waals surface area contributed by atoms with Gasteiger partial charge in [0.25, 0.3) is 0 Å². The van der Waals surface area contributed by atoms with Crippen LogP contribution in [0, 0.1) is 6.92 Å². The summed E-state index contributed by atoms with van der Waals surface area (Å²) in [6, 6.07) is 1.98. The van der Waals surface area contributed by atoms with Gasteiger partial charge in [-0.15, -0.1) is 5.10 Å². The summed E-state index contributed by atoms with van der Waals surface area (Å²) in [5.41, 5.74) is 2.93. The maximum absolute atomic E-state index is 4.08. The van der Waals surface area contributed by atoms with E-state index in [0.717, 1.165) is 11.4 Å². The maximum atomic E-state index is 4.08. The first-order valence-electron chi connectivity index (χ1n) is 5.50. The molecule has 3 heterocycles. The molecule has 0 aliphatic rings. The van der Waals surface area contributed by atoms with Crippen molar-refractivity contribution >= 4 is 11.5 Å². The molecule has 0 fully saturated rings. The zero-order valence-electron chi connectivity index (χ0n) is 9.78. The molecule has 0 radical (unpaired) electrons. The SMILES string of the molecule is Cc1cnccc1CNc1cncc2nnnn12. The van der Waals surface area contributed by atoms with E-state index in [0.29, 0.717) is 12.2 Å². The van der Waals surface area contributed by atoms with Crippen LogP contribution in [0.15, 0.2) is 30.9 Å². The molecular formula is C11H11N7. The molecule has 0 unspecified atom stereocenters. The number of aryl methyl sites for hydroxylation is 1. The van der Waals surface area contributed by atoms with Crippen molar-refractivity contribution in [3.05, 3.63) is 42.0 Å². The summed E-state index contributed by atoms with van der Waals surface area (Å²) in [5, 5.41) is 14.6. The molecule has 0 spiro atoms. The van der Waals surface area contributed by atoms with E-state index in [1.165, 1.54) is 5.56 Å². The van der Waals surface area contributed by atoms with Crippen LogP contribution >= 0.6 is 0 Å². The van der Waals surface area contributed by atoms with Crippen molar-refractivity contribution in [1.82, 2.24) is 30.0 Å². The smallest absolute Gasteiger partial charge is 0.199 e. The van der Waals surface area contributed by atoms with Crippen molar-refractivity contribution in [2.75, 3.05) is 5.32 Å². The summed E-state index contributed by atoms with van der Waals surface area (Å²) in [6.45, 7) is 2.70. The lowest BCUT2D eigenvalue weighted by molar-refractivity contribution is 0.819. The third-order valence-electron chi connectivity index (χ3n) is 2.71. The van der Waals surface area contributed by atoms with Crippen molar-refractivity contribution in [2.45, 2.75) is 13.5 Å². The first-order chi connectivity index (χ1) is 8.84. The highest BCUT2D eigenvalue weighted by Crippen LogP contribution is 2.10. The number of hydrogen-bond acceptors (Lipinski definition) is 6. The molecule has 0 aliphatic carbocycles. The molecule has 1 N–H and O–H groups in total. The molecule has 3 aromatic heterocycles. The first-order valence-corrected chi connectivity index (χ1v) is 5.50. The van der Waals surface area contributed by atoms with Crippen LogP contribution in [0.4, 0.5) is 5.82 Å². The van der Waals surface area contributed by atoms with Gasteiger partial charge in [-0.05, 0) is 34.5 Å². The molecule has 3 aromatic rings. The average molecular weight is 241 g/mol. The lowest BCUT2D eigenvalue weighted by Gasteiger charge is -2.08. The van der Waals surface area contributed by atoms with Crippen LogP contribution in [0.3, 0.4) is 0 Å². The van der Waals surface area contributed by atoms with Crippen LogP contribution in [0.5, 0.6) is 0 Å². The molecule has 0 bridgehead atoms. The predicted octanol–water partition coefficient (Wildman–Crippen LogP) is 0.835. The zero-order chi connectivity index (χ0) is 12.4. The highest BCUT2D eigenvalue weighted by atomic mass is 15.5. The van der Waals surface area contributed by atoms with Gasteiger partial charge in [-0.25, -0.2) is 0 Å². The number of tetrazole rings is 1. The zero-order valence-corrected chi connectivity index (χ0v) is 9.78. The second-order valence-electron chi connectivity index (χ2n) is 3.90. The quantitative estimate of drug-likeness (QED) is 0.731. The number of anilines is 1. The summed E-state index contributed by atoms with van der Waals surface area (Å²) in [4.78, 5) is 8.15. The second-order valence-corrected chi connectivity index (χ2v) is 3.90. The lowest BCUT2D eigenvalue weighted by atomic mass is 10.1. The Morgan fingerprint density at radius 1 is 1.22 bits per heavy atom. The molecule has 0 atom stereocenters. The van der Waals surface area contributed by atoms with E-state index in [-0.39, 0.29) is 0 Å². The molecule has 7 nitrogen and oxygen atoms in total. The van der Waals surface area contributed by atoms with Crippen LogP contribution in [0.2, 0.25) is 0 Å². The van der Waals surface area contributed by atoms with Crippen molar-refractivity contribution in [1.29, 1.82) is 0 Å². The van der Waals surface area contributed by atoms with Crippen molar-refractivity contribution in [3.63, 3.8) is 0 Å². The molecule has 7 heteroatoms. The highest BCUT2D eigenvalue weighted by molar-refractivity contribution is 5.44. The van der Waals surface area contributed by atoms with E-state index < -0.39 is 0 Å². The molecule has 3 rings (SSSR count). The Morgan fingerprint density at radius 3 is 3.06 bits per heavy atom. The molecular weight excluding hydrogens is 230 g/mol. The Kier molecular flexibility index (Phi) is 2.56. The van der Waals surface area contributed by atoms with Gasteiger partial charge in [-0.3, -0.25) is 9.97 Å². The Hall–Kier alpha value is -2.57. The van der Waals surface area contributed by atoms with Gasteiger partial charge in [0.1, 0.15) is 0 Å². The van der Waals surface area contributed by atoms with Crippen molar-refractivity contribution in [3.8, 4) is 0 Å².